The Morgan fingerprint density at radius 2 is 1.81 bits per heavy atom. The van der Waals surface area contributed by atoms with Gasteiger partial charge in [0.25, 0.3) is 5.91 Å². The highest BCUT2D eigenvalue weighted by Gasteiger charge is 2.35. The molecule has 3 rings (SSSR count). The van der Waals surface area contributed by atoms with Gasteiger partial charge in [0, 0.05) is 31.8 Å². The lowest BCUT2D eigenvalue weighted by atomic mass is 10.1. The van der Waals surface area contributed by atoms with Gasteiger partial charge >= 0.3 is 0 Å². The summed E-state index contributed by atoms with van der Waals surface area (Å²) in [5.41, 5.74) is 0.580. The quantitative estimate of drug-likeness (QED) is 0.865. The molecule has 2 aromatic rings. The zero-order chi connectivity index (χ0) is 18.5. The van der Waals surface area contributed by atoms with E-state index in [1.165, 1.54) is 0 Å². The molecule has 1 saturated heterocycles. The van der Waals surface area contributed by atoms with Crippen molar-refractivity contribution in [3.05, 3.63) is 60.2 Å². The van der Waals surface area contributed by atoms with Crippen LogP contribution < -0.4 is 10.1 Å². The highest BCUT2D eigenvalue weighted by Crippen LogP contribution is 2.22. The van der Waals surface area contributed by atoms with E-state index in [-0.39, 0.29) is 18.1 Å². The van der Waals surface area contributed by atoms with Crippen molar-refractivity contribution in [3.63, 3.8) is 0 Å². The summed E-state index contributed by atoms with van der Waals surface area (Å²) in [7, 11) is 1.70. The maximum absolute atomic E-state index is 12.7. The van der Waals surface area contributed by atoms with Crippen molar-refractivity contribution in [1.29, 1.82) is 0 Å². The molecular formula is C21H26N2O3. The molecule has 5 heteroatoms. The predicted octanol–water partition coefficient (Wildman–Crippen LogP) is 3.32. The maximum Gasteiger partial charge on any atom is 0.251 e. The normalized spacial score (nSPS) is 20.3. The molecule has 2 aromatic carbocycles. The number of amides is 1. The van der Waals surface area contributed by atoms with E-state index in [0.717, 1.165) is 18.8 Å². The molecule has 1 fully saturated rings. The molecule has 0 saturated carbocycles. The molecule has 138 valence electrons. The highest BCUT2D eigenvalue weighted by molar-refractivity contribution is 5.94. The predicted molar refractivity (Wildman–Crippen MR) is 102 cm³/mol. The Bertz CT molecular complexity index is 733. The molecule has 0 aromatic heterocycles. The first kappa shape index (κ1) is 18.4. The van der Waals surface area contributed by atoms with Crippen LogP contribution in [-0.2, 0) is 4.74 Å². The fraction of sp³-hybridized carbons (Fsp3) is 0.381. The average molecular weight is 354 g/mol. The second-order valence-electron chi connectivity index (χ2n) is 6.84. The van der Waals surface area contributed by atoms with E-state index < -0.39 is 0 Å². The first-order chi connectivity index (χ1) is 12.6. The van der Waals surface area contributed by atoms with Crippen LogP contribution in [0.25, 0.3) is 0 Å². The number of nitrogens with zero attached hydrogens (tertiary/aromatic N) is 1. The lowest BCUT2D eigenvalue weighted by molar-refractivity contribution is 0.0753. The van der Waals surface area contributed by atoms with E-state index in [4.69, 9.17) is 9.47 Å². The Morgan fingerprint density at radius 1 is 1.08 bits per heavy atom. The Hall–Kier alpha value is -2.37. The summed E-state index contributed by atoms with van der Waals surface area (Å²) in [5.74, 6) is 1.27. The summed E-state index contributed by atoms with van der Waals surface area (Å²) in [4.78, 5) is 15.0. The topological polar surface area (TPSA) is 50.8 Å². The van der Waals surface area contributed by atoms with Crippen LogP contribution >= 0.6 is 0 Å². The van der Waals surface area contributed by atoms with Crippen molar-refractivity contribution in [2.75, 3.05) is 20.2 Å². The van der Waals surface area contributed by atoms with Gasteiger partial charge in [-0.1, -0.05) is 24.3 Å². The van der Waals surface area contributed by atoms with E-state index >= 15 is 0 Å². The number of nitrogens with one attached hydrogen (secondary N) is 1. The molecule has 1 aliphatic heterocycles. The second-order valence-corrected chi connectivity index (χ2v) is 6.84. The van der Waals surface area contributed by atoms with Crippen LogP contribution in [0.3, 0.4) is 0 Å². The molecule has 1 amide bonds. The van der Waals surface area contributed by atoms with Crippen molar-refractivity contribution in [1.82, 2.24) is 10.2 Å². The van der Waals surface area contributed by atoms with Gasteiger partial charge in [-0.05, 0) is 44.2 Å². The minimum atomic E-state index is -0.110. The molecular weight excluding hydrogens is 328 g/mol. The third-order valence-corrected chi connectivity index (χ3v) is 4.72. The molecule has 0 spiro atoms. The standard InChI is InChI=1S/C21H26N2O3/c1-15(2)23-13-19(20(14-23)25-3)22-21(24)16-8-7-11-18(12-16)26-17-9-5-4-6-10-17/h4-12,15,19-20H,13-14H2,1-3H3,(H,22,24)/t19-,20-/m0/s1. The fourth-order valence-corrected chi connectivity index (χ4v) is 3.18. The molecule has 0 bridgehead atoms. The minimum Gasteiger partial charge on any atom is -0.457 e. The summed E-state index contributed by atoms with van der Waals surface area (Å²) in [6, 6.07) is 17.2. The van der Waals surface area contributed by atoms with Crippen molar-refractivity contribution in [3.8, 4) is 11.5 Å². The number of para-hydroxylation sites is 1. The van der Waals surface area contributed by atoms with E-state index in [0.29, 0.717) is 17.4 Å². The zero-order valence-corrected chi connectivity index (χ0v) is 15.5. The summed E-state index contributed by atoms with van der Waals surface area (Å²) in [6.45, 7) is 5.93. The van der Waals surface area contributed by atoms with Crippen LogP contribution in [0.4, 0.5) is 0 Å². The van der Waals surface area contributed by atoms with E-state index in [2.05, 4.69) is 24.1 Å². The highest BCUT2D eigenvalue weighted by atomic mass is 16.5. The number of benzene rings is 2. The molecule has 26 heavy (non-hydrogen) atoms. The molecule has 5 nitrogen and oxygen atoms in total. The fourth-order valence-electron chi connectivity index (χ4n) is 3.18. The van der Waals surface area contributed by atoms with Crippen molar-refractivity contribution in [2.45, 2.75) is 32.0 Å². The van der Waals surface area contributed by atoms with Gasteiger partial charge in [0.15, 0.2) is 0 Å². The SMILES string of the molecule is CO[C@H]1CN(C(C)C)C[C@@H]1NC(=O)c1cccc(Oc2ccccc2)c1. The van der Waals surface area contributed by atoms with Gasteiger partial charge < -0.3 is 14.8 Å². The Morgan fingerprint density at radius 3 is 2.50 bits per heavy atom. The maximum atomic E-state index is 12.7. The number of methoxy groups -OCH3 is 1. The molecule has 0 unspecified atom stereocenters. The number of likely N-dealkylation sites (tertiary alicyclic amines) is 1. The van der Waals surface area contributed by atoms with Gasteiger partial charge in [-0.3, -0.25) is 9.69 Å². The van der Waals surface area contributed by atoms with Crippen molar-refractivity contribution < 1.29 is 14.3 Å². The van der Waals surface area contributed by atoms with Crippen LogP contribution in [-0.4, -0.2) is 49.2 Å². The summed E-state index contributed by atoms with van der Waals surface area (Å²) < 4.78 is 11.4. The number of hydrogen-bond acceptors (Lipinski definition) is 4. The van der Waals surface area contributed by atoms with Crippen LogP contribution in [0.5, 0.6) is 11.5 Å². The van der Waals surface area contributed by atoms with Gasteiger partial charge in [-0.15, -0.1) is 0 Å². The van der Waals surface area contributed by atoms with Gasteiger partial charge in [-0.25, -0.2) is 0 Å². The Balaban J connectivity index is 1.67. The summed E-state index contributed by atoms with van der Waals surface area (Å²) in [6.07, 6.45) is 0.00472. The largest absolute Gasteiger partial charge is 0.457 e. The third kappa shape index (κ3) is 4.42. The van der Waals surface area contributed by atoms with Gasteiger partial charge in [0.05, 0.1) is 12.1 Å². The van der Waals surface area contributed by atoms with Crippen LogP contribution in [0, 0.1) is 0 Å². The number of carbonyl (C=O) groups excluding carboxylic acids is 1. The Labute approximate surface area is 154 Å². The monoisotopic (exact) mass is 354 g/mol. The second kappa shape index (κ2) is 8.34. The molecule has 2 atom stereocenters. The van der Waals surface area contributed by atoms with Gasteiger partial charge in [-0.2, -0.15) is 0 Å². The molecule has 0 radical (unpaired) electrons. The molecule has 1 heterocycles. The van der Waals surface area contributed by atoms with Crippen LogP contribution in [0.1, 0.15) is 24.2 Å². The number of carbonyl (C=O) groups is 1. The third-order valence-electron chi connectivity index (χ3n) is 4.72. The summed E-state index contributed by atoms with van der Waals surface area (Å²) in [5, 5.41) is 3.11. The first-order valence-corrected chi connectivity index (χ1v) is 8.97. The molecule has 1 N–H and O–H groups in total. The van der Waals surface area contributed by atoms with E-state index in [1.54, 1.807) is 19.2 Å². The molecule has 0 aliphatic carbocycles. The van der Waals surface area contributed by atoms with Crippen molar-refractivity contribution >= 4 is 5.91 Å². The van der Waals surface area contributed by atoms with Gasteiger partial charge in [0.2, 0.25) is 0 Å². The number of rotatable bonds is 6. The van der Waals surface area contributed by atoms with E-state index in [9.17, 15) is 4.79 Å². The molecule has 1 aliphatic rings. The lowest BCUT2D eigenvalue weighted by Crippen LogP contribution is -2.43. The van der Waals surface area contributed by atoms with Crippen LogP contribution in [0.2, 0.25) is 0 Å². The lowest BCUT2D eigenvalue weighted by Gasteiger charge is -2.20. The van der Waals surface area contributed by atoms with Crippen molar-refractivity contribution in [2.24, 2.45) is 0 Å². The zero-order valence-electron chi connectivity index (χ0n) is 15.5. The minimum absolute atomic E-state index is 0.00472. The van der Waals surface area contributed by atoms with Gasteiger partial charge in [0.1, 0.15) is 11.5 Å². The number of hydrogen-bond donors (Lipinski definition) is 1. The van der Waals surface area contributed by atoms with Crippen LogP contribution in [0.15, 0.2) is 54.6 Å². The average Bonchev–Trinajstić information content (AvgIpc) is 3.06. The smallest absolute Gasteiger partial charge is 0.251 e. The summed E-state index contributed by atoms with van der Waals surface area (Å²) >= 11 is 0. The van der Waals surface area contributed by atoms with E-state index in [1.807, 2.05) is 42.5 Å². The Kier molecular flexibility index (Phi) is 5.91. The first-order valence-electron chi connectivity index (χ1n) is 8.97. The number of ether oxygens (including phenoxy) is 2.